The van der Waals surface area contributed by atoms with Gasteiger partial charge in [0.05, 0.1) is 12.6 Å². The van der Waals surface area contributed by atoms with Crippen molar-refractivity contribution < 1.29 is 4.74 Å². The zero-order valence-electron chi connectivity index (χ0n) is 18.2. The van der Waals surface area contributed by atoms with Crippen molar-refractivity contribution in [2.24, 2.45) is 16.8 Å². The smallest absolute Gasteiger partial charge is 0.191 e. The predicted molar refractivity (Wildman–Crippen MR) is 130 cm³/mol. The van der Waals surface area contributed by atoms with Gasteiger partial charge >= 0.3 is 0 Å². The fourth-order valence-electron chi connectivity index (χ4n) is 3.29. The molecule has 0 spiro atoms. The Labute approximate surface area is 188 Å². The summed E-state index contributed by atoms with van der Waals surface area (Å²) < 4.78 is 5.77. The van der Waals surface area contributed by atoms with Gasteiger partial charge in [-0.15, -0.1) is 24.0 Å². The van der Waals surface area contributed by atoms with E-state index in [0.717, 1.165) is 38.0 Å². The van der Waals surface area contributed by atoms with E-state index in [1.54, 1.807) is 0 Å². The zero-order valence-corrected chi connectivity index (χ0v) is 20.5. The Morgan fingerprint density at radius 1 is 1.21 bits per heavy atom. The number of hydrogen-bond donors (Lipinski definition) is 2. The van der Waals surface area contributed by atoms with Gasteiger partial charge < -0.3 is 20.3 Å². The Bertz CT molecular complexity index is 576. The molecule has 160 valence electrons. The van der Waals surface area contributed by atoms with Gasteiger partial charge in [0.25, 0.3) is 0 Å². The number of rotatable bonds is 9. The molecule has 2 rings (SSSR count). The van der Waals surface area contributed by atoms with Crippen LogP contribution in [0.2, 0.25) is 0 Å². The molecule has 0 amide bonds. The van der Waals surface area contributed by atoms with Crippen molar-refractivity contribution in [1.82, 2.24) is 15.5 Å². The quantitative estimate of drug-likeness (QED) is 0.301. The van der Waals surface area contributed by atoms with E-state index in [1.165, 1.54) is 25.1 Å². The normalized spacial score (nSPS) is 18.6. The fraction of sp³-hybridized carbons (Fsp3) is 0.682. The summed E-state index contributed by atoms with van der Waals surface area (Å²) in [6.07, 6.45) is 1.25. The molecule has 0 aliphatic carbocycles. The van der Waals surface area contributed by atoms with Gasteiger partial charge in [-0.05, 0) is 62.9 Å². The molecule has 6 heteroatoms. The highest BCUT2D eigenvalue weighted by Gasteiger charge is 2.20. The second kappa shape index (κ2) is 13.2. The third-order valence-corrected chi connectivity index (χ3v) is 4.99. The van der Waals surface area contributed by atoms with Crippen LogP contribution < -0.4 is 15.4 Å². The Balaban J connectivity index is 0.00000392. The van der Waals surface area contributed by atoms with E-state index < -0.39 is 0 Å². The number of aliphatic imine (C=N–C) groups is 1. The van der Waals surface area contributed by atoms with Crippen molar-refractivity contribution in [3.05, 3.63) is 29.8 Å². The molecule has 1 aromatic carbocycles. The topological polar surface area (TPSA) is 48.9 Å². The maximum Gasteiger partial charge on any atom is 0.191 e. The summed E-state index contributed by atoms with van der Waals surface area (Å²) in [6.45, 7) is 16.9. The van der Waals surface area contributed by atoms with Crippen LogP contribution >= 0.6 is 24.0 Å². The first-order valence-corrected chi connectivity index (χ1v) is 10.5. The van der Waals surface area contributed by atoms with Crippen LogP contribution in [0, 0.1) is 11.8 Å². The van der Waals surface area contributed by atoms with Crippen LogP contribution in [0.25, 0.3) is 0 Å². The number of hydrogen-bond acceptors (Lipinski definition) is 3. The Morgan fingerprint density at radius 2 is 1.93 bits per heavy atom. The highest BCUT2D eigenvalue weighted by molar-refractivity contribution is 14.0. The minimum absolute atomic E-state index is 0. The molecule has 2 atom stereocenters. The number of guanidine groups is 1. The summed E-state index contributed by atoms with van der Waals surface area (Å²) in [5, 5.41) is 6.91. The number of nitrogens with zero attached hydrogens (tertiary/aromatic N) is 2. The molecule has 1 saturated heterocycles. The number of ether oxygens (including phenoxy) is 1. The SMILES string of the molecule is CCNC(=NCC1CCN(CC)C1)NC(C)c1ccc(OCC(C)C)cc1.I. The molecular weight excluding hydrogens is 463 g/mol. The molecule has 1 fully saturated rings. The van der Waals surface area contributed by atoms with Crippen molar-refractivity contribution in [3.63, 3.8) is 0 Å². The van der Waals surface area contributed by atoms with Crippen molar-refractivity contribution in [2.45, 2.75) is 47.1 Å². The summed E-state index contributed by atoms with van der Waals surface area (Å²) in [4.78, 5) is 7.35. The summed E-state index contributed by atoms with van der Waals surface area (Å²) >= 11 is 0. The lowest BCUT2D eigenvalue weighted by Gasteiger charge is -2.19. The van der Waals surface area contributed by atoms with E-state index in [4.69, 9.17) is 9.73 Å². The largest absolute Gasteiger partial charge is 0.493 e. The molecule has 1 aliphatic rings. The van der Waals surface area contributed by atoms with E-state index in [-0.39, 0.29) is 30.0 Å². The molecule has 0 bridgehead atoms. The highest BCUT2D eigenvalue weighted by atomic mass is 127. The van der Waals surface area contributed by atoms with Crippen LogP contribution in [-0.2, 0) is 0 Å². The molecular formula is C22H39IN4O. The van der Waals surface area contributed by atoms with Crippen molar-refractivity contribution in [1.29, 1.82) is 0 Å². The third-order valence-electron chi connectivity index (χ3n) is 4.99. The summed E-state index contributed by atoms with van der Waals surface area (Å²) in [7, 11) is 0. The molecule has 5 nitrogen and oxygen atoms in total. The van der Waals surface area contributed by atoms with Gasteiger partial charge in [-0.25, -0.2) is 0 Å². The van der Waals surface area contributed by atoms with Crippen LogP contribution in [0.15, 0.2) is 29.3 Å². The molecule has 2 unspecified atom stereocenters. The molecule has 0 aromatic heterocycles. The number of halogens is 1. The molecule has 0 radical (unpaired) electrons. The first-order valence-electron chi connectivity index (χ1n) is 10.5. The van der Waals surface area contributed by atoms with Gasteiger partial charge in [0.15, 0.2) is 5.96 Å². The average Bonchev–Trinajstić information content (AvgIpc) is 3.13. The van der Waals surface area contributed by atoms with Crippen LogP contribution in [0.4, 0.5) is 0 Å². The first kappa shape index (κ1) is 25.0. The van der Waals surface area contributed by atoms with Crippen LogP contribution in [-0.4, -0.2) is 50.2 Å². The number of benzene rings is 1. The lowest BCUT2D eigenvalue weighted by Crippen LogP contribution is -2.39. The molecule has 0 saturated carbocycles. The summed E-state index contributed by atoms with van der Waals surface area (Å²) in [5.74, 6) is 3.04. The van der Waals surface area contributed by atoms with Crippen LogP contribution in [0.1, 0.15) is 52.6 Å². The van der Waals surface area contributed by atoms with Gasteiger partial charge in [-0.2, -0.15) is 0 Å². The second-order valence-corrected chi connectivity index (χ2v) is 7.91. The second-order valence-electron chi connectivity index (χ2n) is 7.91. The lowest BCUT2D eigenvalue weighted by atomic mass is 10.1. The zero-order chi connectivity index (χ0) is 19.6. The molecule has 1 aliphatic heterocycles. The minimum atomic E-state index is 0. The number of likely N-dealkylation sites (tertiary alicyclic amines) is 1. The monoisotopic (exact) mass is 502 g/mol. The molecule has 28 heavy (non-hydrogen) atoms. The van der Waals surface area contributed by atoms with Crippen LogP contribution in [0.3, 0.4) is 0 Å². The number of nitrogens with one attached hydrogen (secondary N) is 2. The first-order chi connectivity index (χ1) is 13.0. The van der Waals surface area contributed by atoms with Crippen molar-refractivity contribution in [3.8, 4) is 5.75 Å². The molecule has 1 heterocycles. The lowest BCUT2D eigenvalue weighted by molar-refractivity contribution is 0.271. The Kier molecular flexibility index (Phi) is 11.8. The van der Waals surface area contributed by atoms with E-state index in [1.807, 2.05) is 0 Å². The van der Waals surface area contributed by atoms with Gasteiger partial charge in [-0.3, -0.25) is 4.99 Å². The fourth-order valence-corrected chi connectivity index (χ4v) is 3.29. The van der Waals surface area contributed by atoms with E-state index in [2.05, 4.69) is 74.4 Å². The van der Waals surface area contributed by atoms with Gasteiger partial charge in [-0.1, -0.05) is 32.9 Å². The standard InChI is InChI=1S/C22H38N4O.HI/c1-6-23-22(24-14-19-12-13-26(7-2)15-19)25-18(5)20-8-10-21(11-9-20)27-16-17(3)4;/h8-11,17-19H,6-7,12-16H2,1-5H3,(H2,23,24,25);1H. The van der Waals surface area contributed by atoms with Gasteiger partial charge in [0.2, 0.25) is 0 Å². The third kappa shape index (κ3) is 8.55. The molecule has 1 aromatic rings. The van der Waals surface area contributed by atoms with Gasteiger partial charge in [0, 0.05) is 19.6 Å². The maximum absolute atomic E-state index is 5.77. The Morgan fingerprint density at radius 3 is 2.50 bits per heavy atom. The minimum Gasteiger partial charge on any atom is -0.493 e. The van der Waals surface area contributed by atoms with Gasteiger partial charge in [0.1, 0.15) is 5.75 Å². The average molecular weight is 502 g/mol. The van der Waals surface area contributed by atoms with Crippen molar-refractivity contribution in [2.75, 3.05) is 39.3 Å². The predicted octanol–water partition coefficient (Wildman–Crippen LogP) is 4.30. The molecule has 2 N–H and O–H groups in total. The summed E-state index contributed by atoms with van der Waals surface area (Å²) in [5.41, 5.74) is 1.23. The Hall–Kier alpha value is -1.02. The maximum atomic E-state index is 5.77. The van der Waals surface area contributed by atoms with E-state index in [0.29, 0.717) is 11.8 Å². The van der Waals surface area contributed by atoms with E-state index >= 15 is 0 Å². The summed E-state index contributed by atoms with van der Waals surface area (Å²) in [6, 6.07) is 8.56. The van der Waals surface area contributed by atoms with Crippen molar-refractivity contribution >= 4 is 29.9 Å². The van der Waals surface area contributed by atoms with E-state index in [9.17, 15) is 0 Å². The van der Waals surface area contributed by atoms with Crippen LogP contribution in [0.5, 0.6) is 5.75 Å². The highest BCUT2D eigenvalue weighted by Crippen LogP contribution is 2.19.